The van der Waals surface area contributed by atoms with Crippen molar-refractivity contribution in [3.8, 4) is 11.1 Å². The minimum Gasteiger partial charge on any atom is -0.350 e. The Kier molecular flexibility index (Phi) is 4.60. The molecule has 0 amide bonds. The summed E-state index contributed by atoms with van der Waals surface area (Å²) >= 11 is 0. The number of rotatable bonds is 4. The molecule has 1 saturated carbocycles. The molecule has 0 aliphatic heterocycles. The van der Waals surface area contributed by atoms with Gasteiger partial charge in [0.25, 0.3) is 0 Å². The first-order chi connectivity index (χ1) is 14.2. The molecule has 0 atom stereocenters. The predicted molar refractivity (Wildman–Crippen MR) is 115 cm³/mol. The Morgan fingerprint density at radius 3 is 2.72 bits per heavy atom. The van der Waals surface area contributed by atoms with Crippen LogP contribution in [0.25, 0.3) is 27.7 Å². The molecule has 1 aliphatic carbocycles. The topological polar surface area (TPSA) is 71.2 Å². The van der Waals surface area contributed by atoms with Crippen molar-refractivity contribution >= 4 is 22.5 Å². The molecular weight excluding hydrogens is 362 g/mol. The summed E-state index contributed by atoms with van der Waals surface area (Å²) in [4.78, 5) is 15.7. The lowest BCUT2D eigenvalue weighted by molar-refractivity contribution is 0.221. The van der Waals surface area contributed by atoms with Gasteiger partial charge >= 0.3 is 0 Å². The molecule has 0 aromatic carbocycles. The zero-order chi connectivity index (χ0) is 19.8. The summed E-state index contributed by atoms with van der Waals surface area (Å²) in [6.07, 6.45) is 12.2. The third-order valence-electron chi connectivity index (χ3n) is 5.94. The molecule has 4 heterocycles. The van der Waals surface area contributed by atoms with Gasteiger partial charge in [-0.15, -0.1) is 5.10 Å². The minimum atomic E-state index is 0.441. The molecule has 5 rings (SSSR count). The van der Waals surface area contributed by atoms with Crippen LogP contribution in [0.5, 0.6) is 0 Å². The van der Waals surface area contributed by atoms with Crippen molar-refractivity contribution in [1.82, 2.24) is 29.5 Å². The van der Waals surface area contributed by atoms with Crippen molar-refractivity contribution < 1.29 is 0 Å². The van der Waals surface area contributed by atoms with E-state index in [-0.39, 0.29) is 0 Å². The van der Waals surface area contributed by atoms with Crippen molar-refractivity contribution in [2.45, 2.75) is 37.8 Å². The fourth-order valence-corrected chi connectivity index (χ4v) is 4.24. The van der Waals surface area contributed by atoms with Crippen LogP contribution in [0.3, 0.4) is 0 Å². The van der Waals surface area contributed by atoms with E-state index in [9.17, 15) is 0 Å². The Balaban J connectivity index is 1.37. The molecule has 1 N–H and O–H groups in total. The number of hydrogen-bond acceptors (Lipinski definition) is 6. The fourth-order valence-electron chi connectivity index (χ4n) is 4.24. The molecule has 1 aliphatic rings. The van der Waals surface area contributed by atoms with E-state index in [1.165, 1.54) is 12.8 Å². The number of nitrogens with zero attached hydrogens (tertiary/aromatic N) is 6. The van der Waals surface area contributed by atoms with Gasteiger partial charge in [0.05, 0.1) is 11.7 Å². The average Bonchev–Trinajstić information content (AvgIpc) is 3.17. The highest BCUT2D eigenvalue weighted by Gasteiger charge is 2.23. The van der Waals surface area contributed by atoms with Crippen molar-refractivity contribution in [2.24, 2.45) is 0 Å². The van der Waals surface area contributed by atoms with Gasteiger partial charge in [0.1, 0.15) is 0 Å². The molecule has 148 valence electrons. The van der Waals surface area contributed by atoms with Crippen molar-refractivity contribution in [1.29, 1.82) is 0 Å². The van der Waals surface area contributed by atoms with E-state index in [0.717, 1.165) is 40.5 Å². The number of aromatic nitrogens is 5. The molecule has 4 aromatic rings. The van der Waals surface area contributed by atoms with E-state index in [4.69, 9.17) is 0 Å². The van der Waals surface area contributed by atoms with Gasteiger partial charge in [0.15, 0.2) is 5.65 Å². The second kappa shape index (κ2) is 7.40. The van der Waals surface area contributed by atoms with Crippen molar-refractivity contribution in [2.75, 3.05) is 19.4 Å². The zero-order valence-electron chi connectivity index (χ0n) is 16.8. The van der Waals surface area contributed by atoms with Crippen LogP contribution in [0.4, 0.5) is 5.95 Å². The smallest absolute Gasteiger partial charge is 0.241 e. The quantitative estimate of drug-likeness (QED) is 0.577. The van der Waals surface area contributed by atoms with Gasteiger partial charge in [0, 0.05) is 47.2 Å². The van der Waals surface area contributed by atoms with Gasteiger partial charge in [-0.25, -0.2) is 19.5 Å². The normalized spacial score (nSPS) is 19.8. The van der Waals surface area contributed by atoms with E-state index < -0.39 is 0 Å². The predicted octanol–water partition coefficient (Wildman–Crippen LogP) is 3.62. The Bertz CT molecular complexity index is 1140. The first-order valence-corrected chi connectivity index (χ1v) is 10.2. The Labute approximate surface area is 169 Å². The highest BCUT2D eigenvalue weighted by Crippen LogP contribution is 2.27. The van der Waals surface area contributed by atoms with Gasteiger partial charge in [-0.2, -0.15) is 0 Å². The van der Waals surface area contributed by atoms with Gasteiger partial charge < -0.3 is 10.2 Å². The summed E-state index contributed by atoms with van der Waals surface area (Å²) in [5, 5.41) is 9.23. The first kappa shape index (κ1) is 18.0. The van der Waals surface area contributed by atoms with Gasteiger partial charge in [-0.3, -0.25) is 0 Å². The lowest BCUT2D eigenvalue weighted by atomic mass is 9.91. The highest BCUT2D eigenvalue weighted by atomic mass is 15.3. The van der Waals surface area contributed by atoms with Gasteiger partial charge in [0.2, 0.25) is 5.95 Å². The van der Waals surface area contributed by atoms with Crippen LogP contribution in [0.1, 0.15) is 25.7 Å². The van der Waals surface area contributed by atoms with Crippen LogP contribution < -0.4 is 5.32 Å². The van der Waals surface area contributed by atoms with E-state index in [1.807, 2.05) is 35.2 Å². The molecule has 0 unspecified atom stereocenters. The van der Waals surface area contributed by atoms with E-state index >= 15 is 0 Å². The number of anilines is 1. The average molecular weight is 387 g/mol. The van der Waals surface area contributed by atoms with Crippen molar-refractivity contribution in [3.05, 3.63) is 49.1 Å². The summed E-state index contributed by atoms with van der Waals surface area (Å²) in [6.45, 7) is 0. The standard InChI is InChI=1S/C22H25N7/c1-28(2)18-7-5-17(6-8-18)26-22-25-14-20-19(9-11-29(20)27-22)16-12-15-4-3-10-23-21(15)24-13-16/h3-4,9-14,17-18H,5-8H2,1-2H3,(H,26,27)/t17-,18+. The molecule has 0 bridgehead atoms. The minimum absolute atomic E-state index is 0.441. The molecule has 29 heavy (non-hydrogen) atoms. The molecule has 7 heteroatoms. The maximum Gasteiger partial charge on any atom is 0.241 e. The molecule has 4 aromatic heterocycles. The highest BCUT2D eigenvalue weighted by molar-refractivity contribution is 5.86. The van der Waals surface area contributed by atoms with Crippen LogP contribution in [-0.2, 0) is 0 Å². The molecule has 0 spiro atoms. The second-order valence-electron chi connectivity index (χ2n) is 8.03. The Morgan fingerprint density at radius 1 is 1.03 bits per heavy atom. The zero-order valence-corrected chi connectivity index (χ0v) is 16.8. The summed E-state index contributed by atoms with van der Waals surface area (Å²) in [6, 6.07) is 9.26. The van der Waals surface area contributed by atoms with E-state index in [0.29, 0.717) is 18.0 Å². The monoisotopic (exact) mass is 387 g/mol. The third-order valence-corrected chi connectivity index (χ3v) is 5.94. The number of hydrogen-bond donors (Lipinski definition) is 1. The summed E-state index contributed by atoms with van der Waals surface area (Å²) in [5.41, 5.74) is 3.84. The second-order valence-corrected chi connectivity index (χ2v) is 8.03. The molecule has 0 radical (unpaired) electrons. The van der Waals surface area contributed by atoms with Crippen LogP contribution in [0.2, 0.25) is 0 Å². The summed E-state index contributed by atoms with van der Waals surface area (Å²) in [5.74, 6) is 0.689. The molecule has 1 fully saturated rings. The van der Waals surface area contributed by atoms with Gasteiger partial charge in [-0.05, 0) is 64.0 Å². The number of fused-ring (bicyclic) bond motifs is 2. The van der Waals surface area contributed by atoms with Crippen LogP contribution in [-0.4, -0.2) is 55.6 Å². The maximum absolute atomic E-state index is 4.68. The van der Waals surface area contributed by atoms with Crippen molar-refractivity contribution in [3.63, 3.8) is 0 Å². The lowest BCUT2D eigenvalue weighted by Crippen LogP contribution is -2.36. The molecule has 0 saturated heterocycles. The SMILES string of the molecule is CN(C)[C@H]1CC[C@@H](Nc2ncc3c(-c4cnc5ncccc5c4)ccn3n2)CC1. The number of pyridine rings is 2. The fraction of sp³-hybridized carbons (Fsp3) is 0.364. The maximum atomic E-state index is 4.68. The Morgan fingerprint density at radius 2 is 1.90 bits per heavy atom. The first-order valence-electron chi connectivity index (χ1n) is 10.2. The molecular formula is C22H25N7. The van der Waals surface area contributed by atoms with Crippen LogP contribution in [0.15, 0.2) is 49.1 Å². The Hall–Kier alpha value is -3.06. The van der Waals surface area contributed by atoms with Crippen LogP contribution >= 0.6 is 0 Å². The summed E-state index contributed by atoms with van der Waals surface area (Å²) in [7, 11) is 4.33. The van der Waals surface area contributed by atoms with E-state index in [1.54, 1.807) is 6.20 Å². The largest absolute Gasteiger partial charge is 0.350 e. The molecule has 7 nitrogen and oxygen atoms in total. The number of nitrogens with one attached hydrogen (secondary N) is 1. The van der Waals surface area contributed by atoms with Gasteiger partial charge in [-0.1, -0.05) is 0 Å². The van der Waals surface area contributed by atoms with E-state index in [2.05, 4.69) is 56.5 Å². The third kappa shape index (κ3) is 3.53. The van der Waals surface area contributed by atoms with Crippen LogP contribution in [0, 0.1) is 0 Å². The summed E-state index contributed by atoms with van der Waals surface area (Å²) < 4.78 is 1.89. The lowest BCUT2D eigenvalue weighted by Gasteiger charge is -2.32.